The van der Waals surface area contributed by atoms with Crippen LogP contribution in [-0.4, -0.2) is 30.6 Å². The van der Waals surface area contributed by atoms with Crippen molar-refractivity contribution in [3.05, 3.63) is 11.4 Å². The van der Waals surface area contributed by atoms with Gasteiger partial charge in [-0.2, -0.15) is 5.10 Å². The van der Waals surface area contributed by atoms with Crippen LogP contribution in [-0.2, 0) is 15.5 Å². The molecule has 8 heteroatoms. The highest BCUT2D eigenvalue weighted by atomic mass is 35.7. The summed E-state index contributed by atoms with van der Waals surface area (Å²) in [6.07, 6.45) is 4.12. The molecule has 1 saturated carbocycles. The van der Waals surface area contributed by atoms with Gasteiger partial charge in [0.2, 0.25) is 0 Å². The highest BCUT2D eigenvalue weighted by Gasteiger charge is 2.30. The lowest BCUT2D eigenvalue weighted by atomic mass is 9.93. The minimum absolute atomic E-state index is 0.115. The van der Waals surface area contributed by atoms with Crippen LogP contribution >= 0.6 is 10.7 Å². The summed E-state index contributed by atoms with van der Waals surface area (Å²) in [5, 5.41) is 9.17. The smallest absolute Gasteiger partial charge is 0.273 e. The van der Waals surface area contributed by atoms with Crippen LogP contribution in [0.4, 0.5) is 0 Å². The van der Waals surface area contributed by atoms with Crippen LogP contribution in [0.1, 0.15) is 48.8 Å². The molecule has 2 N–H and O–H groups in total. The Morgan fingerprint density at radius 2 is 2.21 bits per heavy atom. The van der Waals surface area contributed by atoms with E-state index >= 15 is 0 Å². The van der Waals surface area contributed by atoms with Gasteiger partial charge in [-0.15, -0.1) is 0 Å². The largest absolute Gasteiger partial charge is 0.348 e. The molecule has 1 fully saturated rings. The summed E-state index contributed by atoms with van der Waals surface area (Å²) >= 11 is 0. The van der Waals surface area contributed by atoms with Gasteiger partial charge in [0.25, 0.3) is 15.0 Å². The number of rotatable bonds is 5. The average Bonchev–Trinajstić information content (AvgIpc) is 2.67. The zero-order valence-electron chi connectivity index (χ0n) is 10.6. The Hall–Kier alpha value is -1.08. The molecule has 0 saturated heterocycles. The molecule has 1 aromatic rings. The molecule has 1 heterocycles. The number of amides is 1. The van der Waals surface area contributed by atoms with E-state index in [0.717, 1.165) is 25.7 Å². The third-order valence-corrected chi connectivity index (χ3v) is 4.58. The second-order valence-electron chi connectivity index (χ2n) is 4.67. The molecule has 2 rings (SSSR count). The van der Waals surface area contributed by atoms with E-state index in [1.165, 1.54) is 0 Å². The first-order valence-electron chi connectivity index (χ1n) is 6.26. The monoisotopic (exact) mass is 305 g/mol. The summed E-state index contributed by atoms with van der Waals surface area (Å²) in [6.45, 7) is 1.90. The zero-order chi connectivity index (χ0) is 14.0. The molecule has 1 amide bonds. The fourth-order valence-electron chi connectivity index (χ4n) is 2.01. The quantitative estimate of drug-likeness (QED) is 0.808. The first-order valence-corrected chi connectivity index (χ1v) is 8.57. The normalized spacial score (nSPS) is 16.1. The molecule has 0 spiro atoms. The minimum atomic E-state index is -3.99. The number of H-pyrrole nitrogens is 1. The van der Waals surface area contributed by atoms with Gasteiger partial charge >= 0.3 is 0 Å². The third-order valence-electron chi connectivity index (χ3n) is 3.19. The number of aryl methyl sites for hydroxylation is 1. The molecule has 1 aromatic heterocycles. The molecule has 6 nitrogen and oxygen atoms in total. The Labute approximate surface area is 116 Å². The van der Waals surface area contributed by atoms with Crippen LogP contribution in [0.2, 0.25) is 0 Å². The van der Waals surface area contributed by atoms with Crippen molar-refractivity contribution in [3.63, 3.8) is 0 Å². The lowest BCUT2D eigenvalue weighted by Gasteiger charge is -2.25. The molecule has 0 unspecified atom stereocenters. The Morgan fingerprint density at radius 3 is 2.68 bits per heavy atom. The second-order valence-corrected chi connectivity index (χ2v) is 7.17. The number of nitrogens with zero attached hydrogens (tertiary/aromatic N) is 1. The lowest BCUT2D eigenvalue weighted by molar-refractivity contribution is 0.0908. The second kappa shape index (κ2) is 5.50. The van der Waals surface area contributed by atoms with Crippen molar-refractivity contribution in [3.8, 4) is 0 Å². The molecule has 1 aliphatic rings. The van der Waals surface area contributed by atoms with E-state index in [9.17, 15) is 13.2 Å². The average molecular weight is 306 g/mol. The maximum Gasteiger partial charge on any atom is 0.273 e. The van der Waals surface area contributed by atoms with Crippen LogP contribution in [0.3, 0.4) is 0 Å². The van der Waals surface area contributed by atoms with E-state index in [1.54, 1.807) is 0 Å². The van der Waals surface area contributed by atoms with Crippen LogP contribution in [0.15, 0.2) is 4.90 Å². The van der Waals surface area contributed by atoms with Crippen molar-refractivity contribution in [1.29, 1.82) is 0 Å². The maximum atomic E-state index is 12.0. The standard InChI is InChI=1S/C11H16ClN3O3S/c1-2-4-8-10(19(12,17)18)9(15-14-8)11(16)13-7-5-3-6-7/h7H,2-6H2,1H3,(H,13,16)(H,14,15). The first-order chi connectivity index (χ1) is 8.93. The van der Waals surface area contributed by atoms with Crippen molar-refractivity contribution >= 4 is 25.6 Å². The molecular formula is C11H16ClN3O3S. The Bertz CT molecular complexity index is 578. The van der Waals surface area contributed by atoms with Crippen molar-refractivity contribution in [2.24, 2.45) is 0 Å². The lowest BCUT2D eigenvalue weighted by Crippen LogP contribution is -2.40. The predicted octanol–water partition coefficient (Wildman–Crippen LogP) is 1.57. The van der Waals surface area contributed by atoms with Gasteiger partial charge in [0.1, 0.15) is 4.90 Å². The van der Waals surface area contributed by atoms with Crippen molar-refractivity contribution in [1.82, 2.24) is 15.5 Å². The molecule has 1 aliphatic carbocycles. The number of hydrogen-bond donors (Lipinski definition) is 2. The van der Waals surface area contributed by atoms with Gasteiger partial charge in [-0.05, 0) is 25.7 Å². The van der Waals surface area contributed by atoms with Gasteiger partial charge in [-0.25, -0.2) is 8.42 Å². The van der Waals surface area contributed by atoms with Crippen LogP contribution < -0.4 is 5.32 Å². The van der Waals surface area contributed by atoms with E-state index in [1.807, 2.05) is 6.92 Å². The number of carbonyl (C=O) groups excluding carboxylic acids is 1. The Kier molecular flexibility index (Phi) is 4.15. The molecule has 19 heavy (non-hydrogen) atoms. The number of carbonyl (C=O) groups is 1. The first kappa shape index (κ1) is 14.3. The molecule has 0 radical (unpaired) electrons. The summed E-state index contributed by atoms with van der Waals surface area (Å²) < 4.78 is 23.2. The summed E-state index contributed by atoms with van der Waals surface area (Å²) in [5.41, 5.74) is 0.251. The number of halogens is 1. The SMILES string of the molecule is CCCc1[nH]nc(C(=O)NC2CCC2)c1S(=O)(=O)Cl. The molecule has 0 bridgehead atoms. The van der Waals surface area contributed by atoms with Gasteiger partial charge in [-0.1, -0.05) is 13.3 Å². The van der Waals surface area contributed by atoms with E-state index in [2.05, 4.69) is 15.5 Å². The highest BCUT2D eigenvalue weighted by Crippen LogP contribution is 2.25. The van der Waals surface area contributed by atoms with Crippen LogP contribution in [0.5, 0.6) is 0 Å². The summed E-state index contributed by atoms with van der Waals surface area (Å²) in [4.78, 5) is 11.8. The van der Waals surface area contributed by atoms with Crippen molar-refractivity contribution in [2.75, 3.05) is 0 Å². The number of aromatic amines is 1. The Morgan fingerprint density at radius 1 is 1.53 bits per heavy atom. The fraction of sp³-hybridized carbons (Fsp3) is 0.636. The number of aromatic nitrogens is 2. The molecule has 0 aromatic carbocycles. The van der Waals surface area contributed by atoms with E-state index in [4.69, 9.17) is 10.7 Å². The van der Waals surface area contributed by atoms with Crippen molar-refractivity contribution in [2.45, 2.75) is 50.0 Å². The Balaban J connectivity index is 2.31. The van der Waals surface area contributed by atoms with E-state index in [-0.39, 0.29) is 16.6 Å². The molecule has 106 valence electrons. The van der Waals surface area contributed by atoms with Gasteiger partial charge in [0.15, 0.2) is 5.69 Å². The summed E-state index contributed by atoms with van der Waals surface area (Å²) in [7, 11) is 1.41. The topological polar surface area (TPSA) is 91.9 Å². The van der Waals surface area contributed by atoms with E-state index < -0.39 is 15.0 Å². The maximum absolute atomic E-state index is 12.0. The van der Waals surface area contributed by atoms with Crippen LogP contribution in [0.25, 0.3) is 0 Å². The van der Waals surface area contributed by atoms with E-state index in [0.29, 0.717) is 12.1 Å². The van der Waals surface area contributed by atoms with Crippen LogP contribution in [0, 0.1) is 0 Å². The molecular weight excluding hydrogens is 290 g/mol. The number of hydrogen-bond acceptors (Lipinski definition) is 4. The third kappa shape index (κ3) is 3.09. The minimum Gasteiger partial charge on any atom is -0.348 e. The van der Waals surface area contributed by atoms with Gasteiger partial charge < -0.3 is 5.32 Å². The van der Waals surface area contributed by atoms with Gasteiger partial charge in [-0.3, -0.25) is 9.89 Å². The number of nitrogens with one attached hydrogen (secondary N) is 2. The van der Waals surface area contributed by atoms with Gasteiger partial charge in [0.05, 0.1) is 5.69 Å². The summed E-state index contributed by atoms with van der Waals surface area (Å²) in [5.74, 6) is -0.484. The molecule has 0 aliphatic heterocycles. The van der Waals surface area contributed by atoms with Crippen molar-refractivity contribution < 1.29 is 13.2 Å². The summed E-state index contributed by atoms with van der Waals surface area (Å²) in [6, 6.07) is 0.115. The van der Waals surface area contributed by atoms with Gasteiger partial charge in [0, 0.05) is 16.7 Å². The highest BCUT2D eigenvalue weighted by molar-refractivity contribution is 8.13. The molecule has 0 atom stereocenters. The predicted molar refractivity (Wildman–Crippen MR) is 70.7 cm³/mol. The zero-order valence-corrected chi connectivity index (χ0v) is 12.1. The fourth-order valence-corrected chi connectivity index (χ4v) is 3.32.